The molecule has 4 heteroatoms. The average molecular weight is 275 g/mol. The molecule has 3 nitrogen and oxygen atoms in total. The van der Waals surface area contributed by atoms with Crippen molar-refractivity contribution in [3.8, 4) is 0 Å². The highest BCUT2D eigenvalue weighted by atomic mass is 35.5. The number of halogens is 1. The molecule has 2 rings (SSSR count). The van der Waals surface area contributed by atoms with Crippen LogP contribution < -0.4 is 5.32 Å². The molecule has 0 radical (unpaired) electrons. The van der Waals surface area contributed by atoms with Gasteiger partial charge in [0.15, 0.2) is 0 Å². The molecule has 0 aliphatic carbocycles. The number of para-hydroxylation sites is 1. The Labute approximate surface area is 117 Å². The van der Waals surface area contributed by atoms with Crippen molar-refractivity contribution in [2.24, 2.45) is 0 Å². The van der Waals surface area contributed by atoms with Gasteiger partial charge < -0.3 is 5.32 Å². The molecule has 0 aliphatic heterocycles. The third-order valence-corrected chi connectivity index (χ3v) is 3.21. The molecule has 0 unspecified atom stereocenters. The van der Waals surface area contributed by atoms with E-state index in [1.165, 1.54) is 0 Å². The van der Waals surface area contributed by atoms with E-state index in [0.29, 0.717) is 10.8 Å². The van der Waals surface area contributed by atoms with Crippen molar-refractivity contribution in [2.75, 3.05) is 5.32 Å². The molecule has 0 saturated carbocycles. The zero-order valence-electron chi connectivity index (χ0n) is 11.1. The summed E-state index contributed by atoms with van der Waals surface area (Å²) in [7, 11) is 0. The van der Waals surface area contributed by atoms with Crippen LogP contribution in [-0.4, -0.2) is 10.9 Å². The van der Waals surface area contributed by atoms with Gasteiger partial charge in [-0.2, -0.15) is 0 Å². The number of carbonyl (C=O) groups excluding carboxylic acids is 1. The predicted octanol–water partition coefficient (Wildman–Crippen LogP) is 3.91. The van der Waals surface area contributed by atoms with Gasteiger partial charge in [-0.05, 0) is 43.5 Å². The number of amides is 1. The second-order valence-electron chi connectivity index (χ2n) is 4.52. The van der Waals surface area contributed by atoms with Crippen LogP contribution >= 0.6 is 11.6 Å². The second kappa shape index (κ2) is 5.41. The van der Waals surface area contributed by atoms with Crippen molar-refractivity contribution in [2.45, 2.75) is 20.8 Å². The molecular weight excluding hydrogens is 260 g/mol. The van der Waals surface area contributed by atoms with Crippen LogP contribution in [-0.2, 0) is 0 Å². The van der Waals surface area contributed by atoms with Gasteiger partial charge in [0, 0.05) is 5.69 Å². The van der Waals surface area contributed by atoms with Crippen molar-refractivity contribution in [3.05, 3.63) is 57.9 Å². The summed E-state index contributed by atoms with van der Waals surface area (Å²) in [6, 6.07) is 9.34. The summed E-state index contributed by atoms with van der Waals surface area (Å²) >= 11 is 5.84. The van der Waals surface area contributed by atoms with Crippen LogP contribution in [0.5, 0.6) is 0 Å². The van der Waals surface area contributed by atoms with Crippen molar-refractivity contribution >= 4 is 23.2 Å². The lowest BCUT2D eigenvalue weighted by Gasteiger charge is -2.12. The van der Waals surface area contributed by atoms with Crippen molar-refractivity contribution in [3.63, 3.8) is 0 Å². The van der Waals surface area contributed by atoms with Gasteiger partial charge in [-0.25, -0.2) is 4.98 Å². The third-order valence-electron chi connectivity index (χ3n) is 3.00. The first-order valence-electron chi connectivity index (χ1n) is 6.00. The molecule has 98 valence electrons. The summed E-state index contributed by atoms with van der Waals surface area (Å²) in [5.74, 6) is -0.239. The van der Waals surface area contributed by atoms with Crippen molar-refractivity contribution < 1.29 is 4.79 Å². The quantitative estimate of drug-likeness (QED) is 0.844. The lowest BCUT2D eigenvalue weighted by Crippen LogP contribution is -2.16. The Balaban J connectivity index is 2.34. The summed E-state index contributed by atoms with van der Waals surface area (Å²) in [6.45, 7) is 5.75. The average Bonchev–Trinajstić information content (AvgIpc) is 2.37. The second-order valence-corrected chi connectivity index (χ2v) is 4.91. The normalized spacial score (nSPS) is 10.3. The van der Waals surface area contributed by atoms with Crippen LogP contribution in [0.1, 0.15) is 27.2 Å². The fourth-order valence-electron chi connectivity index (χ4n) is 1.92. The molecule has 1 amide bonds. The number of nitrogens with one attached hydrogen (secondary N) is 1. The number of hydrogen-bond donors (Lipinski definition) is 1. The van der Waals surface area contributed by atoms with Gasteiger partial charge in [-0.1, -0.05) is 35.9 Å². The van der Waals surface area contributed by atoms with E-state index in [4.69, 9.17) is 11.6 Å². The molecule has 0 spiro atoms. The maximum atomic E-state index is 12.3. The van der Waals surface area contributed by atoms with E-state index in [9.17, 15) is 4.79 Å². The lowest BCUT2D eigenvalue weighted by atomic mass is 10.1. The largest absolute Gasteiger partial charge is 0.320 e. The number of pyridine rings is 1. The molecule has 2 aromatic rings. The number of carbonyl (C=O) groups is 1. The van der Waals surface area contributed by atoms with E-state index < -0.39 is 0 Å². The predicted molar refractivity (Wildman–Crippen MR) is 77.9 cm³/mol. The SMILES string of the molecule is Cc1ccc(Cl)nc1C(=O)Nc1c(C)cccc1C. The van der Waals surface area contributed by atoms with Crippen LogP contribution in [0.15, 0.2) is 30.3 Å². The highest BCUT2D eigenvalue weighted by Gasteiger charge is 2.13. The fourth-order valence-corrected chi connectivity index (χ4v) is 2.07. The van der Waals surface area contributed by atoms with Gasteiger partial charge in [0.2, 0.25) is 0 Å². The van der Waals surface area contributed by atoms with Crippen LogP contribution in [0.25, 0.3) is 0 Å². The van der Waals surface area contributed by atoms with Crippen LogP contribution in [0.2, 0.25) is 5.15 Å². The zero-order chi connectivity index (χ0) is 14.0. The Kier molecular flexibility index (Phi) is 3.86. The van der Waals surface area contributed by atoms with E-state index in [1.807, 2.05) is 39.0 Å². The fraction of sp³-hybridized carbons (Fsp3) is 0.200. The Morgan fingerprint density at radius 2 is 1.68 bits per heavy atom. The molecule has 1 aromatic heterocycles. The molecule has 1 heterocycles. The van der Waals surface area contributed by atoms with Crippen LogP contribution in [0.3, 0.4) is 0 Å². The number of hydrogen-bond acceptors (Lipinski definition) is 2. The van der Waals surface area contributed by atoms with E-state index in [-0.39, 0.29) is 5.91 Å². The summed E-state index contributed by atoms with van der Waals surface area (Å²) in [5.41, 5.74) is 4.03. The Hall–Kier alpha value is -1.87. The molecule has 0 aliphatic rings. The first-order valence-corrected chi connectivity index (χ1v) is 6.37. The van der Waals surface area contributed by atoms with Gasteiger partial charge in [-0.3, -0.25) is 4.79 Å². The lowest BCUT2D eigenvalue weighted by molar-refractivity contribution is 0.102. The molecular formula is C15H15ClN2O. The summed E-state index contributed by atoms with van der Waals surface area (Å²) in [5, 5.41) is 3.22. The number of aromatic nitrogens is 1. The van der Waals surface area contributed by atoms with E-state index >= 15 is 0 Å². The smallest absolute Gasteiger partial charge is 0.274 e. The molecule has 19 heavy (non-hydrogen) atoms. The highest BCUT2D eigenvalue weighted by molar-refractivity contribution is 6.29. The van der Waals surface area contributed by atoms with Gasteiger partial charge in [-0.15, -0.1) is 0 Å². The van der Waals surface area contributed by atoms with Crippen LogP contribution in [0, 0.1) is 20.8 Å². The first-order chi connectivity index (χ1) is 8.99. The number of anilines is 1. The van der Waals surface area contributed by atoms with Gasteiger partial charge in [0.25, 0.3) is 5.91 Å². The minimum absolute atomic E-state index is 0.239. The van der Waals surface area contributed by atoms with Gasteiger partial charge in [0.1, 0.15) is 10.8 Å². The highest BCUT2D eigenvalue weighted by Crippen LogP contribution is 2.21. The van der Waals surface area contributed by atoms with Crippen LogP contribution in [0.4, 0.5) is 5.69 Å². The molecule has 0 atom stereocenters. The third kappa shape index (κ3) is 2.93. The summed E-state index contributed by atoms with van der Waals surface area (Å²) in [6.07, 6.45) is 0. The molecule has 1 N–H and O–H groups in total. The minimum Gasteiger partial charge on any atom is -0.320 e. The first kappa shape index (κ1) is 13.6. The number of aryl methyl sites for hydroxylation is 3. The van der Waals surface area contributed by atoms with E-state index in [1.54, 1.807) is 12.1 Å². The maximum absolute atomic E-state index is 12.3. The molecule has 0 fully saturated rings. The molecule has 0 bridgehead atoms. The number of rotatable bonds is 2. The number of benzene rings is 1. The van der Waals surface area contributed by atoms with E-state index in [2.05, 4.69) is 10.3 Å². The van der Waals surface area contributed by atoms with E-state index in [0.717, 1.165) is 22.4 Å². The summed E-state index contributed by atoms with van der Waals surface area (Å²) in [4.78, 5) is 16.3. The van der Waals surface area contributed by atoms with Gasteiger partial charge >= 0.3 is 0 Å². The Morgan fingerprint density at radius 1 is 1.05 bits per heavy atom. The molecule has 1 aromatic carbocycles. The maximum Gasteiger partial charge on any atom is 0.274 e. The number of nitrogens with zero attached hydrogens (tertiary/aromatic N) is 1. The molecule has 0 saturated heterocycles. The summed E-state index contributed by atoms with van der Waals surface area (Å²) < 4.78 is 0. The monoisotopic (exact) mass is 274 g/mol. The zero-order valence-corrected chi connectivity index (χ0v) is 11.9. The standard InChI is InChI=1S/C15H15ClN2O/c1-9-5-4-6-10(2)13(9)18-15(19)14-11(3)7-8-12(16)17-14/h4-8H,1-3H3,(H,18,19). The van der Waals surface area contributed by atoms with Crippen molar-refractivity contribution in [1.29, 1.82) is 0 Å². The Bertz CT molecular complexity index is 618. The van der Waals surface area contributed by atoms with Crippen molar-refractivity contribution in [1.82, 2.24) is 4.98 Å². The van der Waals surface area contributed by atoms with Gasteiger partial charge in [0.05, 0.1) is 0 Å². The Morgan fingerprint density at radius 3 is 2.32 bits per heavy atom. The minimum atomic E-state index is -0.239. The topological polar surface area (TPSA) is 42.0 Å².